The highest BCUT2D eigenvalue weighted by Gasteiger charge is 2.37. The fraction of sp³-hybridized carbons (Fsp3) is 0.346. The van der Waals surface area contributed by atoms with E-state index in [-0.39, 0.29) is 0 Å². The number of hydrogen-bond donors (Lipinski definition) is 0. The lowest BCUT2D eigenvalue weighted by atomic mass is 9.77. The Labute approximate surface area is 171 Å². The van der Waals surface area contributed by atoms with Crippen molar-refractivity contribution in [1.29, 1.82) is 5.26 Å². The standard InChI is InChI=1S/C26H25F2N/c1-2-3-4-5-23-25(27)15-24-21-12-10-19(18-8-6-17(16-29)7-9-18)14-20(21)11-13-22(24)26(23)28/h6-14,23,25-26H,2-5,15H2,1H3. The lowest BCUT2D eigenvalue weighted by Crippen LogP contribution is -2.29. The van der Waals surface area contributed by atoms with Gasteiger partial charge in [-0.25, -0.2) is 8.78 Å². The molecule has 4 rings (SSSR count). The maximum atomic E-state index is 15.2. The first-order valence-corrected chi connectivity index (χ1v) is 10.5. The number of fused-ring (bicyclic) bond motifs is 3. The first kappa shape index (κ1) is 19.6. The van der Waals surface area contributed by atoms with Crippen LogP contribution in [-0.2, 0) is 6.42 Å². The highest BCUT2D eigenvalue weighted by molar-refractivity contribution is 5.91. The van der Waals surface area contributed by atoms with Gasteiger partial charge in [-0.2, -0.15) is 5.26 Å². The molecule has 3 heteroatoms. The van der Waals surface area contributed by atoms with E-state index in [2.05, 4.69) is 19.1 Å². The zero-order valence-electron chi connectivity index (χ0n) is 16.7. The number of benzene rings is 3. The van der Waals surface area contributed by atoms with E-state index in [1.54, 1.807) is 12.1 Å². The Morgan fingerprint density at radius 2 is 1.72 bits per heavy atom. The summed E-state index contributed by atoms with van der Waals surface area (Å²) in [5, 5.41) is 10.9. The molecule has 148 valence electrons. The Bertz CT molecular complexity index is 1050. The first-order valence-electron chi connectivity index (χ1n) is 10.5. The predicted octanol–water partition coefficient (Wildman–Crippen LogP) is 7.48. The molecule has 0 heterocycles. The molecule has 0 saturated carbocycles. The highest BCUT2D eigenvalue weighted by Crippen LogP contribution is 2.44. The van der Waals surface area contributed by atoms with Crippen molar-refractivity contribution in [3.8, 4) is 17.2 Å². The molecule has 0 fully saturated rings. The summed E-state index contributed by atoms with van der Waals surface area (Å²) in [4.78, 5) is 0. The topological polar surface area (TPSA) is 23.8 Å². The van der Waals surface area contributed by atoms with Crippen LogP contribution < -0.4 is 0 Å². The Kier molecular flexibility index (Phi) is 5.62. The van der Waals surface area contributed by atoms with E-state index >= 15 is 4.39 Å². The molecular weight excluding hydrogens is 364 g/mol. The van der Waals surface area contributed by atoms with Gasteiger partial charge < -0.3 is 0 Å². The largest absolute Gasteiger partial charge is 0.247 e. The average Bonchev–Trinajstić information content (AvgIpc) is 2.75. The van der Waals surface area contributed by atoms with Crippen LogP contribution in [0.15, 0.2) is 54.6 Å². The molecule has 0 saturated heterocycles. The second-order valence-corrected chi connectivity index (χ2v) is 8.04. The molecule has 3 aromatic rings. The predicted molar refractivity (Wildman–Crippen MR) is 114 cm³/mol. The van der Waals surface area contributed by atoms with Gasteiger partial charge in [0, 0.05) is 12.3 Å². The second kappa shape index (κ2) is 8.33. The summed E-state index contributed by atoms with van der Waals surface area (Å²) in [5.74, 6) is -0.524. The maximum Gasteiger partial charge on any atom is 0.131 e. The normalized spacial score (nSPS) is 21.0. The van der Waals surface area contributed by atoms with Crippen molar-refractivity contribution in [2.24, 2.45) is 5.92 Å². The zero-order valence-corrected chi connectivity index (χ0v) is 16.7. The van der Waals surface area contributed by atoms with E-state index in [9.17, 15) is 4.39 Å². The summed E-state index contributed by atoms with van der Waals surface area (Å²) in [5.41, 5.74) is 4.16. The Hall–Kier alpha value is -2.73. The van der Waals surface area contributed by atoms with Gasteiger partial charge in [-0.05, 0) is 57.6 Å². The van der Waals surface area contributed by atoms with Crippen molar-refractivity contribution in [2.45, 2.75) is 51.4 Å². The molecular formula is C26H25F2N. The third-order valence-electron chi connectivity index (χ3n) is 6.19. The third kappa shape index (κ3) is 3.77. The van der Waals surface area contributed by atoms with Crippen LogP contribution in [0.25, 0.3) is 21.9 Å². The van der Waals surface area contributed by atoms with Crippen LogP contribution in [0.1, 0.15) is 55.5 Å². The van der Waals surface area contributed by atoms with Gasteiger partial charge in [0.1, 0.15) is 12.3 Å². The van der Waals surface area contributed by atoms with Crippen LogP contribution in [0.5, 0.6) is 0 Å². The molecule has 0 aliphatic heterocycles. The van der Waals surface area contributed by atoms with E-state index < -0.39 is 18.3 Å². The molecule has 0 radical (unpaired) electrons. The third-order valence-corrected chi connectivity index (χ3v) is 6.19. The number of nitrogens with zero attached hydrogens (tertiary/aromatic N) is 1. The molecule has 3 atom stereocenters. The number of nitriles is 1. The summed E-state index contributed by atoms with van der Waals surface area (Å²) < 4.78 is 30.1. The first-order chi connectivity index (χ1) is 14.1. The molecule has 3 unspecified atom stereocenters. The Morgan fingerprint density at radius 3 is 2.45 bits per heavy atom. The summed E-state index contributed by atoms with van der Waals surface area (Å²) in [6.07, 6.45) is 1.53. The molecule has 29 heavy (non-hydrogen) atoms. The average molecular weight is 389 g/mol. The van der Waals surface area contributed by atoms with E-state index in [1.807, 2.05) is 36.4 Å². The lowest BCUT2D eigenvalue weighted by Gasteiger charge is -2.32. The van der Waals surface area contributed by atoms with E-state index in [0.29, 0.717) is 24.0 Å². The molecule has 0 aromatic heterocycles. The van der Waals surface area contributed by atoms with Crippen LogP contribution in [0.3, 0.4) is 0 Å². The van der Waals surface area contributed by atoms with Crippen molar-refractivity contribution < 1.29 is 8.78 Å². The fourth-order valence-corrected chi connectivity index (χ4v) is 4.53. The monoisotopic (exact) mass is 389 g/mol. The SMILES string of the molecule is CCCCCC1C(F)Cc2c(ccc3cc(-c4ccc(C#N)cc4)ccc23)C1F. The Morgan fingerprint density at radius 1 is 0.966 bits per heavy atom. The Balaban J connectivity index is 1.67. The number of halogens is 2. The van der Waals surface area contributed by atoms with Gasteiger partial charge in [-0.3, -0.25) is 0 Å². The van der Waals surface area contributed by atoms with Crippen molar-refractivity contribution in [3.63, 3.8) is 0 Å². The van der Waals surface area contributed by atoms with E-state index in [1.165, 1.54) is 0 Å². The molecule has 0 N–H and O–H groups in total. The summed E-state index contributed by atoms with van der Waals surface area (Å²) in [6, 6.07) is 19.4. The molecule has 3 aromatic carbocycles. The molecule has 0 spiro atoms. The summed E-state index contributed by atoms with van der Waals surface area (Å²) in [7, 11) is 0. The van der Waals surface area contributed by atoms with Crippen LogP contribution in [0, 0.1) is 17.2 Å². The van der Waals surface area contributed by atoms with Gasteiger partial charge in [0.25, 0.3) is 0 Å². The van der Waals surface area contributed by atoms with Gasteiger partial charge >= 0.3 is 0 Å². The van der Waals surface area contributed by atoms with Crippen molar-refractivity contribution >= 4 is 10.8 Å². The van der Waals surface area contributed by atoms with Gasteiger partial charge in [-0.15, -0.1) is 0 Å². The smallest absolute Gasteiger partial charge is 0.131 e. The summed E-state index contributed by atoms with van der Waals surface area (Å²) in [6.45, 7) is 2.11. The summed E-state index contributed by atoms with van der Waals surface area (Å²) >= 11 is 0. The van der Waals surface area contributed by atoms with Gasteiger partial charge in [0.2, 0.25) is 0 Å². The highest BCUT2D eigenvalue weighted by atomic mass is 19.1. The minimum Gasteiger partial charge on any atom is -0.247 e. The van der Waals surface area contributed by atoms with Crippen LogP contribution in [-0.4, -0.2) is 6.17 Å². The quantitative estimate of drug-likeness (QED) is 0.415. The molecule has 1 aliphatic rings. The second-order valence-electron chi connectivity index (χ2n) is 8.04. The van der Waals surface area contributed by atoms with E-state index in [4.69, 9.17) is 5.26 Å². The number of alkyl halides is 2. The minimum absolute atomic E-state index is 0.292. The molecule has 0 bridgehead atoms. The zero-order chi connectivity index (χ0) is 20.4. The minimum atomic E-state index is -1.23. The van der Waals surface area contributed by atoms with Crippen LogP contribution in [0.2, 0.25) is 0 Å². The van der Waals surface area contributed by atoms with Crippen molar-refractivity contribution in [2.75, 3.05) is 0 Å². The lowest BCUT2D eigenvalue weighted by molar-refractivity contribution is 0.101. The van der Waals surface area contributed by atoms with E-state index in [0.717, 1.165) is 46.7 Å². The van der Waals surface area contributed by atoms with Crippen molar-refractivity contribution in [3.05, 3.63) is 71.3 Å². The van der Waals surface area contributed by atoms with Crippen LogP contribution in [0.4, 0.5) is 8.78 Å². The van der Waals surface area contributed by atoms with Gasteiger partial charge in [0.15, 0.2) is 0 Å². The maximum absolute atomic E-state index is 15.2. The molecule has 0 amide bonds. The molecule has 1 aliphatic carbocycles. The van der Waals surface area contributed by atoms with Crippen LogP contribution >= 0.6 is 0 Å². The number of hydrogen-bond acceptors (Lipinski definition) is 1. The fourth-order valence-electron chi connectivity index (χ4n) is 4.53. The van der Waals surface area contributed by atoms with Crippen molar-refractivity contribution in [1.82, 2.24) is 0 Å². The number of rotatable bonds is 5. The number of unbranched alkanes of at least 4 members (excludes halogenated alkanes) is 2. The molecule has 1 nitrogen and oxygen atoms in total. The van der Waals surface area contributed by atoms with Gasteiger partial charge in [0.05, 0.1) is 11.6 Å². The van der Waals surface area contributed by atoms with Gasteiger partial charge in [-0.1, -0.05) is 62.6 Å².